The maximum absolute atomic E-state index is 12.7. The van der Waals surface area contributed by atoms with E-state index in [9.17, 15) is 9.59 Å². The van der Waals surface area contributed by atoms with E-state index < -0.39 is 0 Å². The van der Waals surface area contributed by atoms with Crippen molar-refractivity contribution in [3.8, 4) is 0 Å². The van der Waals surface area contributed by atoms with Crippen LogP contribution < -0.4 is 5.32 Å². The summed E-state index contributed by atoms with van der Waals surface area (Å²) < 4.78 is 5.69. The van der Waals surface area contributed by atoms with Gasteiger partial charge in [0.1, 0.15) is 0 Å². The first kappa shape index (κ1) is 15.6. The molecule has 2 saturated heterocycles. The fourth-order valence-corrected chi connectivity index (χ4v) is 3.44. The lowest BCUT2D eigenvalue weighted by molar-refractivity contribution is -0.148. The summed E-state index contributed by atoms with van der Waals surface area (Å²) in [5.74, 6) is 0.298. The molecule has 0 aromatic rings. The van der Waals surface area contributed by atoms with Crippen molar-refractivity contribution in [3.05, 3.63) is 0 Å². The van der Waals surface area contributed by atoms with Gasteiger partial charge in [-0.05, 0) is 39.5 Å². The number of piperidine rings is 1. The Labute approximate surface area is 132 Å². The topological polar surface area (TPSA) is 61.9 Å². The zero-order chi connectivity index (χ0) is 15.7. The summed E-state index contributed by atoms with van der Waals surface area (Å²) in [6.45, 7) is 6.77. The number of ether oxygens (including phenoxy) is 1. The van der Waals surface area contributed by atoms with Gasteiger partial charge in [0.25, 0.3) is 0 Å². The lowest BCUT2D eigenvalue weighted by atomic mass is 9.95. The van der Waals surface area contributed by atoms with Crippen LogP contribution in [0.3, 0.4) is 0 Å². The molecule has 0 spiro atoms. The second-order valence-electron chi connectivity index (χ2n) is 6.99. The van der Waals surface area contributed by atoms with E-state index in [1.165, 1.54) is 0 Å². The summed E-state index contributed by atoms with van der Waals surface area (Å²) in [7, 11) is 0. The van der Waals surface area contributed by atoms with Gasteiger partial charge in [-0.2, -0.15) is 0 Å². The molecule has 2 unspecified atom stereocenters. The monoisotopic (exact) mass is 309 g/mol. The third-order valence-corrected chi connectivity index (χ3v) is 4.77. The number of morpholine rings is 1. The Morgan fingerprint density at radius 3 is 2.09 bits per heavy atom. The van der Waals surface area contributed by atoms with Crippen LogP contribution in [0.4, 0.5) is 4.79 Å². The smallest absolute Gasteiger partial charge is 0.317 e. The van der Waals surface area contributed by atoms with Crippen LogP contribution in [0.25, 0.3) is 0 Å². The van der Waals surface area contributed by atoms with Crippen molar-refractivity contribution in [1.82, 2.24) is 15.1 Å². The molecule has 3 aliphatic rings. The Morgan fingerprint density at radius 1 is 0.955 bits per heavy atom. The summed E-state index contributed by atoms with van der Waals surface area (Å²) in [4.78, 5) is 28.5. The molecule has 6 heteroatoms. The van der Waals surface area contributed by atoms with Crippen LogP contribution in [0.15, 0.2) is 0 Å². The molecule has 0 radical (unpaired) electrons. The lowest BCUT2D eigenvalue weighted by Crippen LogP contribution is -2.52. The highest BCUT2D eigenvalue weighted by Gasteiger charge is 2.34. The second-order valence-corrected chi connectivity index (χ2v) is 6.99. The molecule has 0 aromatic heterocycles. The molecular formula is C16H27N3O3. The first-order valence-corrected chi connectivity index (χ1v) is 8.52. The number of carbonyl (C=O) groups excluding carboxylic acids is 2. The molecule has 2 heterocycles. The first-order chi connectivity index (χ1) is 10.5. The summed E-state index contributed by atoms with van der Waals surface area (Å²) in [5.41, 5.74) is 0. The molecule has 3 amide bonds. The summed E-state index contributed by atoms with van der Waals surface area (Å²) >= 11 is 0. The predicted molar refractivity (Wildman–Crippen MR) is 82.4 cm³/mol. The molecule has 3 fully saturated rings. The van der Waals surface area contributed by atoms with Gasteiger partial charge in [0.15, 0.2) is 0 Å². The fourth-order valence-electron chi connectivity index (χ4n) is 3.44. The Bertz CT molecular complexity index is 420. The van der Waals surface area contributed by atoms with Crippen molar-refractivity contribution in [3.63, 3.8) is 0 Å². The minimum atomic E-state index is 0.0435. The van der Waals surface area contributed by atoms with E-state index in [0.29, 0.717) is 32.2 Å². The molecule has 6 nitrogen and oxygen atoms in total. The molecule has 2 aliphatic heterocycles. The molecule has 1 aliphatic carbocycles. The van der Waals surface area contributed by atoms with E-state index in [-0.39, 0.29) is 30.1 Å². The van der Waals surface area contributed by atoms with Crippen LogP contribution in [0, 0.1) is 5.92 Å². The van der Waals surface area contributed by atoms with E-state index in [1.807, 2.05) is 23.6 Å². The van der Waals surface area contributed by atoms with Gasteiger partial charge >= 0.3 is 6.03 Å². The van der Waals surface area contributed by atoms with Crippen LogP contribution in [0.1, 0.15) is 39.5 Å². The van der Waals surface area contributed by atoms with E-state index in [1.54, 1.807) is 0 Å². The van der Waals surface area contributed by atoms with E-state index in [2.05, 4.69) is 5.32 Å². The number of nitrogens with zero attached hydrogens (tertiary/aromatic N) is 2. The van der Waals surface area contributed by atoms with Crippen molar-refractivity contribution in [2.24, 2.45) is 5.92 Å². The van der Waals surface area contributed by atoms with Gasteiger partial charge in [0.2, 0.25) is 5.91 Å². The molecule has 22 heavy (non-hydrogen) atoms. The average Bonchev–Trinajstić information content (AvgIpc) is 3.29. The Hall–Kier alpha value is -1.30. The predicted octanol–water partition coefficient (Wildman–Crippen LogP) is 1.21. The molecule has 1 N–H and O–H groups in total. The van der Waals surface area contributed by atoms with Crippen LogP contribution >= 0.6 is 0 Å². The summed E-state index contributed by atoms with van der Waals surface area (Å²) in [6, 6.07) is 0.435. The molecule has 124 valence electrons. The van der Waals surface area contributed by atoms with Crippen molar-refractivity contribution in [1.29, 1.82) is 0 Å². The van der Waals surface area contributed by atoms with E-state index >= 15 is 0 Å². The lowest BCUT2D eigenvalue weighted by Gasteiger charge is -2.39. The largest absolute Gasteiger partial charge is 0.372 e. The Kier molecular flexibility index (Phi) is 4.57. The maximum atomic E-state index is 12.7. The number of hydrogen-bond acceptors (Lipinski definition) is 3. The summed E-state index contributed by atoms with van der Waals surface area (Å²) in [6.07, 6.45) is 3.98. The highest BCUT2D eigenvalue weighted by Crippen LogP contribution is 2.23. The number of likely N-dealkylation sites (tertiary alicyclic amines) is 1. The molecule has 0 aromatic carbocycles. The van der Waals surface area contributed by atoms with Gasteiger partial charge in [0, 0.05) is 38.1 Å². The maximum Gasteiger partial charge on any atom is 0.317 e. The minimum absolute atomic E-state index is 0.0435. The van der Waals surface area contributed by atoms with Gasteiger partial charge in [-0.25, -0.2) is 4.79 Å². The Balaban J connectivity index is 1.47. The summed E-state index contributed by atoms with van der Waals surface area (Å²) in [5, 5.41) is 3.02. The minimum Gasteiger partial charge on any atom is -0.372 e. The number of nitrogens with one attached hydrogen (secondary N) is 1. The SMILES string of the molecule is CC1CN(C(=O)C2CCN(C(=O)NC3CC3)CC2)CC(C)O1. The van der Waals surface area contributed by atoms with Crippen molar-refractivity contribution in [2.45, 2.75) is 57.8 Å². The third kappa shape index (κ3) is 3.72. The third-order valence-electron chi connectivity index (χ3n) is 4.77. The van der Waals surface area contributed by atoms with Crippen LogP contribution in [0.5, 0.6) is 0 Å². The van der Waals surface area contributed by atoms with Crippen molar-refractivity contribution < 1.29 is 14.3 Å². The zero-order valence-corrected chi connectivity index (χ0v) is 13.6. The average molecular weight is 309 g/mol. The second kappa shape index (κ2) is 6.44. The van der Waals surface area contributed by atoms with Gasteiger partial charge in [-0.15, -0.1) is 0 Å². The quantitative estimate of drug-likeness (QED) is 0.834. The molecular weight excluding hydrogens is 282 g/mol. The van der Waals surface area contributed by atoms with Crippen molar-refractivity contribution in [2.75, 3.05) is 26.2 Å². The van der Waals surface area contributed by atoms with Gasteiger partial charge in [0.05, 0.1) is 12.2 Å². The van der Waals surface area contributed by atoms with Crippen LogP contribution in [-0.2, 0) is 9.53 Å². The van der Waals surface area contributed by atoms with Gasteiger partial charge < -0.3 is 19.9 Å². The van der Waals surface area contributed by atoms with E-state index in [0.717, 1.165) is 25.7 Å². The Morgan fingerprint density at radius 2 is 1.55 bits per heavy atom. The number of amides is 3. The standard InChI is InChI=1S/C16H27N3O3/c1-11-9-19(10-12(2)22-11)15(20)13-5-7-18(8-6-13)16(21)17-14-3-4-14/h11-14H,3-10H2,1-2H3,(H,17,21). The van der Waals surface area contributed by atoms with Crippen LogP contribution in [-0.4, -0.2) is 66.2 Å². The number of carbonyl (C=O) groups is 2. The van der Waals surface area contributed by atoms with Crippen LogP contribution in [0.2, 0.25) is 0 Å². The first-order valence-electron chi connectivity index (χ1n) is 8.52. The molecule has 1 saturated carbocycles. The molecule has 0 bridgehead atoms. The zero-order valence-electron chi connectivity index (χ0n) is 13.6. The highest BCUT2D eigenvalue weighted by atomic mass is 16.5. The van der Waals surface area contributed by atoms with Crippen molar-refractivity contribution >= 4 is 11.9 Å². The normalized spacial score (nSPS) is 30.3. The fraction of sp³-hybridized carbons (Fsp3) is 0.875. The molecule has 3 rings (SSSR count). The van der Waals surface area contributed by atoms with Gasteiger partial charge in [-0.3, -0.25) is 4.79 Å². The molecule has 2 atom stereocenters. The highest BCUT2D eigenvalue weighted by molar-refractivity contribution is 5.80. The number of rotatable bonds is 2. The number of urea groups is 1. The van der Waals surface area contributed by atoms with Gasteiger partial charge in [-0.1, -0.05) is 0 Å². The van der Waals surface area contributed by atoms with E-state index in [4.69, 9.17) is 4.74 Å². The number of hydrogen-bond donors (Lipinski definition) is 1.